The van der Waals surface area contributed by atoms with Crippen LogP contribution in [0.3, 0.4) is 0 Å². The number of rotatable bonds is 4. The Morgan fingerprint density at radius 2 is 1.64 bits per heavy atom. The van der Waals surface area contributed by atoms with E-state index in [1.807, 2.05) is 35.2 Å². The molecule has 0 radical (unpaired) electrons. The molecule has 2 aromatic carbocycles. The van der Waals surface area contributed by atoms with E-state index < -0.39 is 0 Å². The van der Waals surface area contributed by atoms with Crippen molar-refractivity contribution >= 4 is 27.5 Å². The van der Waals surface area contributed by atoms with E-state index in [9.17, 15) is 4.79 Å². The van der Waals surface area contributed by atoms with Crippen molar-refractivity contribution in [1.29, 1.82) is 0 Å². The van der Waals surface area contributed by atoms with Crippen LogP contribution in [0.5, 0.6) is 11.5 Å². The van der Waals surface area contributed by atoms with Gasteiger partial charge in [0.1, 0.15) is 11.5 Å². The minimum Gasteiger partial charge on any atom is -0.497 e. The first-order valence-electron chi connectivity index (χ1n) is 8.14. The smallest absolute Gasteiger partial charge is 0.255 e. The van der Waals surface area contributed by atoms with Gasteiger partial charge in [-0.15, -0.1) is 0 Å². The molecule has 3 rings (SSSR count). The van der Waals surface area contributed by atoms with E-state index in [4.69, 9.17) is 9.47 Å². The molecule has 0 aliphatic carbocycles. The van der Waals surface area contributed by atoms with Crippen molar-refractivity contribution in [3.63, 3.8) is 0 Å². The zero-order chi connectivity index (χ0) is 17.8. The van der Waals surface area contributed by atoms with Gasteiger partial charge in [-0.1, -0.05) is 6.07 Å². The number of methoxy groups -OCH3 is 2. The third-order valence-electron chi connectivity index (χ3n) is 4.39. The van der Waals surface area contributed by atoms with Gasteiger partial charge < -0.3 is 19.3 Å². The number of hydrogen-bond acceptors (Lipinski definition) is 4. The van der Waals surface area contributed by atoms with Crippen molar-refractivity contribution in [1.82, 2.24) is 4.90 Å². The standard InChI is InChI=1S/C19H21BrN2O3/c1-24-15-5-3-4-14(12-15)21-8-10-22(11-9-21)19(23)17-13-16(25-2)6-7-18(17)20/h3-7,12-13H,8-11H2,1-2H3. The highest BCUT2D eigenvalue weighted by Gasteiger charge is 2.24. The molecule has 0 bridgehead atoms. The van der Waals surface area contributed by atoms with Crippen molar-refractivity contribution in [3.05, 3.63) is 52.5 Å². The fourth-order valence-corrected chi connectivity index (χ4v) is 3.36. The molecule has 1 saturated heterocycles. The topological polar surface area (TPSA) is 42.0 Å². The number of piperazine rings is 1. The normalized spacial score (nSPS) is 14.4. The van der Waals surface area contributed by atoms with E-state index in [1.54, 1.807) is 20.3 Å². The molecule has 0 aromatic heterocycles. The van der Waals surface area contributed by atoms with Crippen molar-refractivity contribution in [2.24, 2.45) is 0 Å². The van der Waals surface area contributed by atoms with E-state index in [0.29, 0.717) is 24.4 Å². The molecule has 2 aromatic rings. The monoisotopic (exact) mass is 404 g/mol. The molecule has 1 aliphatic heterocycles. The van der Waals surface area contributed by atoms with E-state index in [-0.39, 0.29) is 5.91 Å². The molecule has 0 unspecified atom stereocenters. The van der Waals surface area contributed by atoms with E-state index >= 15 is 0 Å². The Bertz CT molecular complexity index is 758. The molecule has 1 aliphatic rings. The summed E-state index contributed by atoms with van der Waals surface area (Å²) in [6, 6.07) is 13.5. The lowest BCUT2D eigenvalue weighted by molar-refractivity contribution is 0.0745. The second-order valence-electron chi connectivity index (χ2n) is 5.83. The van der Waals surface area contributed by atoms with Crippen LogP contribution in [0.1, 0.15) is 10.4 Å². The second-order valence-corrected chi connectivity index (χ2v) is 6.68. The average Bonchev–Trinajstić information content (AvgIpc) is 2.68. The maximum atomic E-state index is 12.8. The Morgan fingerprint density at radius 3 is 2.32 bits per heavy atom. The summed E-state index contributed by atoms with van der Waals surface area (Å²) in [4.78, 5) is 17.0. The van der Waals surface area contributed by atoms with Gasteiger partial charge in [-0.05, 0) is 46.3 Å². The van der Waals surface area contributed by atoms with Crippen LogP contribution in [0.4, 0.5) is 5.69 Å². The molecule has 0 N–H and O–H groups in total. The van der Waals surface area contributed by atoms with Gasteiger partial charge in [0, 0.05) is 42.4 Å². The summed E-state index contributed by atoms with van der Waals surface area (Å²) in [5, 5.41) is 0. The molecular weight excluding hydrogens is 384 g/mol. The Morgan fingerprint density at radius 1 is 0.960 bits per heavy atom. The Labute approximate surface area is 156 Å². The van der Waals surface area contributed by atoms with Gasteiger partial charge >= 0.3 is 0 Å². The lowest BCUT2D eigenvalue weighted by Gasteiger charge is -2.36. The van der Waals surface area contributed by atoms with Crippen LogP contribution in [0.25, 0.3) is 0 Å². The van der Waals surface area contributed by atoms with Crippen LogP contribution >= 0.6 is 15.9 Å². The first-order chi connectivity index (χ1) is 12.1. The van der Waals surface area contributed by atoms with Crippen LogP contribution < -0.4 is 14.4 Å². The van der Waals surface area contributed by atoms with Crippen LogP contribution in [0, 0.1) is 0 Å². The number of amides is 1. The number of halogens is 1. The lowest BCUT2D eigenvalue weighted by Crippen LogP contribution is -2.48. The van der Waals surface area contributed by atoms with E-state index in [2.05, 4.69) is 26.9 Å². The maximum Gasteiger partial charge on any atom is 0.255 e. The molecule has 1 heterocycles. The number of ether oxygens (including phenoxy) is 2. The molecule has 0 atom stereocenters. The SMILES string of the molecule is COc1cccc(N2CCN(C(=O)c3cc(OC)ccc3Br)CC2)c1. The molecule has 1 fully saturated rings. The lowest BCUT2D eigenvalue weighted by atomic mass is 10.1. The highest BCUT2D eigenvalue weighted by molar-refractivity contribution is 9.10. The van der Waals surface area contributed by atoms with Crippen LogP contribution in [0.2, 0.25) is 0 Å². The summed E-state index contributed by atoms with van der Waals surface area (Å²) in [5.41, 5.74) is 1.75. The zero-order valence-electron chi connectivity index (χ0n) is 14.4. The highest BCUT2D eigenvalue weighted by Crippen LogP contribution is 2.26. The first kappa shape index (κ1) is 17.6. The number of carbonyl (C=O) groups excluding carboxylic acids is 1. The van der Waals surface area contributed by atoms with E-state index in [1.165, 1.54) is 0 Å². The Balaban J connectivity index is 1.68. The van der Waals surface area contributed by atoms with Gasteiger partial charge in [0.05, 0.1) is 19.8 Å². The number of nitrogens with zero attached hydrogens (tertiary/aromatic N) is 2. The molecule has 25 heavy (non-hydrogen) atoms. The summed E-state index contributed by atoms with van der Waals surface area (Å²) in [6.45, 7) is 2.94. The molecule has 5 nitrogen and oxygen atoms in total. The number of hydrogen-bond donors (Lipinski definition) is 0. The number of carbonyl (C=O) groups is 1. The minimum absolute atomic E-state index is 0.0241. The Kier molecular flexibility index (Phi) is 5.48. The summed E-state index contributed by atoms with van der Waals surface area (Å²) in [5.74, 6) is 1.55. The molecule has 0 saturated carbocycles. The summed E-state index contributed by atoms with van der Waals surface area (Å²) in [6.07, 6.45) is 0. The largest absolute Gasteiger partial charge is 0.497 e. The van der Waals surface area contributed by atoms with Crippen molar-refractivity contribution < 1.29 is 14.3 Å². The van der Waals surface area contributed by atoms with Crippen molar-refractivity contribution in [3.8, 4) is 11.5 Å². The third-order valence-corrected chi connectivity index (χ3v) is 5.08. The number of anilines is 1. The molecule has 1 amide bonds. The predicted octanol–water partition coefficient (Wildman–Crippen LogP) is 3.43. The Hall–Kier alpha value is -2.21. The zero-order valence-corrected chi connectivity index (χ0v) is 16.0. The van der Waals surface area contributed by atoms with Gasteiger partial charge in [0.25, 0.3) is 5.91 Å². The van der Waals surface area contributed by atoms with Gasteiger partial charge in [-0.25, -0.2) is 0 Å². The minimum atomic E-state index is 0.0241. The van der Waals surface area contributed by atoms with Gasteiger partial charge in [-0.3, -0.25) is 4.79 Å². The summed E-state index contributed by atoms with van der Waals surface area (Å²) in [7, 11) is 3.27. The van der Waals surface area contributed by atoms with Crippen molar-refractivity contribution in [2.75, 3.05) is 45.3 Å². The molecule has 6 heteroatoms. The molecule has 0 spiro atoms. The van der Waals surface area contributed by atoms with Crippen molar-refractivity contribution in [2.45, 2.75) is 0 Å². The summed E-state index contributed by atoms with van der Waals surface area (Å²) >= 11 is 3.46. The summed E-state index contributed by atoms with van der Waals surface area (Å²) < 4.78 is 11.3. The fraction of sp³-hybridized carbons (Fsp3) is 0.316. The van der Waals surface area contributed by atoms with Crippen LogP contribution in [0.15, 0.2) is 46.9 Å². The maximum absolute atomic E-state index is 12.8. The van der Waals surface area contributed by atoms with Crippen LogP contribution in [-0.2, 0) is 0 Å². The predicted molar refractivity (Wildman–Crippen MR) is 102 cm³/mol. The van der Waals surface area contributed by atoms with Gasteiger partial charge in [0.15, 0.2) is 0 Å². The van der Waals surface area contributed by atoms with E-state index in [0.717, 1.165) is 29.0 Å². The quantitative estimate of drug-likeness (QED) is 0.782. The average molecular weight is 405 g/mol. The van der Waals surface area contributed by atoms with Gasteiger partial charge in [-0.2, -0.15) is 0 Å². The molecule has 132 valence electrons. The highest BCUT2D eigenvalue weighted by atomic mass is 79.9. The van der Waals surface area contributed by atoms with Gasteiger partial charge in [0.2, 0.25) is 0 Å². The third kappa shape index (κ3) is 3.90. The first-order valence-corrected chi connectivity index (χ1v) is 8.93. The number of benzene rings is 2. The van der Waals surface area contributed by atoms with Crippen LogP contribution in [-0.4, -0.2) is 51.2 Å². The second kappa shape index (κ2) is 7.78. The fourth-order valence-electron chi connectivity index (χ4n) is 2.94. The molecular formula is C19H21BrN2O3.